The third-order valence-corrected chi connectivity index (χ3v) is 5.05. The van der Waals surface area contributed by atoms with Gasteiger partial charge in [-0.3, -0.25) is 4.79 Å². The molecule has 3 aromatic rings. The molecular weight excluding hydrogens is 402 g/mol. The van der Waals surface area contributed by atoms with E-state index in [-0.39, 0.29) is 5.91 Å². The molecule has 168 valence electrons. The number of carbonyl (C=O) groups excluding carboxylic acids is 1. The molecule has 6 nitrogen and oxygen atoms in total. The summed E-state index contributed by atoms with van der Waals surface area (Å²) in [6, 6.07) is 18.0. The van der Waals surface area contributed by atoms with E-state index in [9.17, 15) is 4.79 Å². The zero-order chi connectivity index (χ0) is 22.8. The summed E-state index contributed by atoms with van der Waals surface area (Å²) in [5.41, 5.74) is 5.93. The van der Waals surface area contributed by atoms with Crippen molar-refractivity contribution in [3.05, 3.63) is 88.8 Å². The molecule has 0 saturated carbocycles. The first-order valence-electron chi connectivity index (χ1n) is 10.9. The third-order valence-electron chi connectivity index (χ3n) is 5.05. The first kappa shape index (κ1) is 23.4. The lowest BCUT2D eigenvalue weighted by molar-refractivity contribution is -0.116. The zero-order valence-electron chi connectivity index (χ0n) is 19.0. The second-order valence-corrected chi connectivity index (χ2v) is 7.45. The van der Waals surface area contributed by atoms with Crippen LogP contribution in [-0.2, 0) is 27.4 Å². The molecule has 0 atom stereocenters. The summed E-state index contributed by atoms with van der Waals surface area (Å²) < 4.78 is 12.8. The van der Waals surface area contributed by atoms with Crippen LogP contribution >= 0.6 is 0 Å². The molecule has 0 aliphatic heterocycles. The van der Waals surface area contributed by atoms with E-state index in [1.54, 1.807) is 6.08 Å². The van der Waals surface area contributed by atoms with Crippen LogP contribution in [0.4, 0.5) is 0 Å². The van der Waals surface area contributed by atoms with Crippen molar-refractivity contribution in [2.75, 3.05) is 19.8 Å². The molecule has 0 saturated heterocycles. The Kier molecular flexibility index (Phi) is 8.78. The molecule has 1 aromatic heterocycles. The number of para-hydroxylation sites is 1. The molecule has 0 unspecified atom stereocenters. The lowest BCUT2D eigenvalue weighted by atomic mass is 10.1. The summed E-state index contributed by atoms with van der Waals surface area (Å²) in [5, 5.41) is 7.56. The molecule has 1 heterocycles. The van der Waals surface area contributed by atoms with Gasteiger partial charge in [-0.1, -0.05) is 42.5 Å². The number of benzene rings is 2. The number of carbonyl (C=O) groups is 1. The molecule has 32 heavy (non-hydrogen) atoms. The van der Waals surface area contributed by atoms with Crippen LogP contribution in [0.3, 0.4) is 0 Å². The molecule has 3 rings (SSSR count). The predicted molar refractivity (Wildman–Crippen MR) is 127 cm³/mol. The Hall–Kier alpha value is -3.22. The summed E-state index contributed by atoms with van der Waals surface area (Å²) in [6.45, 7) is 8.77. The zero-order valence-corrected chi connectivity index (χ0v) is 19.0. The van der Waals surface area contributed by atoms with Crippen molar-refractivity contribution in [2.24, 2.45) is 0 Å². The highest BCUT2D eigenvalue weighted by atomic mass is 16.5. The molecule has 0 aliphatic rings. The molecule has 0 aliphatic carbocycles. The minimum atomic E-state index is -0.144. The topological polar surface area (TPSA) is 65.4 Å². The van der Waals surface area contributed by atoms with Crippen molar-refractivity contribution in [1.29, 1.82) is 0 Å². The van der Waals surface area contributed by atoms with Gasteiger partial charge < -0.3 is 14.8 Å². The number of ether oxygens (including phenoxy) is 2. The van der Waals surface area contributed by atoms with E-state index in [0.29, 0.717) is 33.0 Å². The fraction of sp³-hybridized carbons (Fsp3) is 0.308. The smallest absolute Gasteiger partial charge is 0.244 e. The number of hydrogen-bond donors (Lipinski definition) is 1. The van der Waals surface area contributed by atoms with Gasteiger partial charge in [0.05, 0.1) is 31.2 Å². The standard InChI is InChI=1S/C26H31N3O3/c1-4-31-15-16-32-19-23-10-8-9-22(17-23)18-27-26(30)14-13-25-20(2)28-29(21(25)3)24-11-6-5-7-12-24/h5-14,17H,4,15-16,18-19H2,1-3H3,(H,27,30)/b14-13+. The quantitative estimate of drug-likeness (QED) is 0.360. The highest BCUT2D eigenvalue weighted by Crippen LogP contribution is 2.19. The van der Waals surface area contributed by atoms with Gasteiger partial charge in [0.1, 0.15) is 0 Å². The number of aryl methyl sites for hydroxylation is 1. The van der Waals surface area contributed by atoms with E-state index in [1.807, 2.05) is 86.1 Å². The van der Waals surface area contributed by atoms with Crippen molar-refractivity contribution < 1.29 is 14.3 Å². The predicted octanol–water partition coefficient (Wildman–Crippen LogP) is 4.37. The molecule has 1 amide bonds. The Morgan fingerprint density at radius 1 is 1.03 bits per heavy atom. The molecule has 0 radical (unpaired) electrons. The largest absolute Gasteiger partial charge is 0.379 e. The molecule has 0 bridgehead atoms. The molecule has 6 heteroatoms. The van der Waals surface area contributed by atoms with E-state index in [4.69, 9.17) is 9.47 Å². The van der Waals surface area contributed by atoms with Crippen LogP contribution in [0, 0.1) is 13.8 Å². The van der Waals surface area contributed by atoms with Gasteiger partial charge >= 0.3 is 0 Å². The molecule has 1 N–H and O–H groups in total. The highest BCUT2D eigenvalue weighted by molar-refractivity contribution is 5.92. The Morgan fingerprint density at radius 3 is 2.56 bits per heavy atom. The van der Waals surface area contributed by atoms with Crippen LogP contribution in [0.1, 0.15) is 35.0 Å². The van der Waals surface area contributed by atoms with Gasteiger partial charge in [-0.15, -0.1) is 0 Å². The van der Waals surface area contributed by atoms with E-state index in [0.717, 1.165) is 33.8 Å². The first-order chi connectivity index (χ1) is 15.6. The SMILES string of the molecule is CCOCCOCc1cccc(CNC(=O)/C=C/c2c(C)nn(-c3ccccc3)c2C)c1. The monoisotopic (exact) mass is 433 g/mol. The fourth-order valence-electron chi connectivity index (χ4n) is 3.41. The Morgan fingerprint density at radius 2 is 1.78 bits per heavy atom. The van der Waals surface area contributed by atoms with Gasteiger partial charge in [-0.25, -0.2) is 4.68 Å². The van der Waals surface area contributed by atoms with Gasteiger partial charge in [0, 0.05) is 30.5 Å². The minimum absolute atomic E-state index is 0.144. The van der Waals surface area contributed by atoms with Crippen LogP contribution in [-0.4, -0.2) is 35.5 Å². The van der Waals surface area contributed by atoms with Crippen molar-refractivity contribution in [2.45, 2.75) is 33.9 Å². The number of nitrogens with one attached hydrogen (secondary N) is 1. The fourth-order valence-corrected chi connectivity index (χ4v) is 3.41. The summed E-state index contributed by atoms with van der Waals surface area (Å²) >= 11 is 0. The van der Waals surface area contributed by atoms with Gasteiger partial charge in [-0.05, 0) is 50.1 Å². The summed E-state index contributed by atoms with van der Waals surface area (Å²) in [6.07, 6.45) is 3.39. The second-order valence-electron chi connectivity index (χ2n) is 7.45. The number of hydrogen-bond acceptors (Lipinski definition) is 4. The lowest BCUT2D eigenvalue weighted by Crippen LogP contribution is -2.20. The maximum Gasteiger partial charge on any atom is 0.244 e. The van der Waals surface area contributed by atoms with Crippen molar-refractivity contribution >= 4 is 12.0 Å². The molecular formula is C26H31N3O3. The molecule has 0 fully saturated rings. The van der Waals surface area contributed by atoms with Crippen molar-refractivity contribution in [3.8, 4) is 5.69 Å². The van der Waals surface area contributed by atoms with Crippen LogP contribution in [0.15, 0.2) is 60.7 Å². The van der Waals surface area contributed by atoms with Crippen molar-refractivity contribution in [1.82, 2.24) is 15.1 Å². The number of amides is 1. The van der Waals surface area contributed by atoms with Gasteiger partial charge in [-0.2, -0.15) is 5.10 Å². The average Bonchev–Trinajstić information content (AvgIpc) is 3.10. The third kappa shape index (κ3) is 6.64. The minimum Gasteiger partial charge on any atom is -0.379 e. The Balaban J connectivity index is 1.54. The molecule has 2 aromatic carbocycles. The maximum atomic E-state index is 12.4. The average molecular weight is 434 g/mol. The summed E-state index contributed by atoms with van der Waals surface area (Å²) in [5.74, 6) is -0.144. The number of rotatable bonds is 11. The maximum absolute atomic E-state index is 12.4. The summed E-state index contributed by atoms with van der Waals surface area (Å²) in [7, 11) is 0. The second kappa shape index (κ2) is 12.0. The van der Waals surface area contributed by atoms with E-state index in [1.165, 1.54) is 0 Å². The molecule has 0 spiro atoms. The normalized spacial score (nSPS) is 11.2. The van der Waals surface area contributed by atoms with Crippen LogP contribution < -0.4 is 5.32 Å². The van der Waals surface area contributed by atoms with Crippen LogP contribution in [0.2, 0.25) is 0 Å². The Labute approximate surface area is 189 Å². The Bertz CT molecular complexity index is 1040. The van der Waals surface area contributed by atoms with Gasteiger partial charge in [0.15, 0.2) is 0 Å². The highest BCUT2D eigenvalue weighted by Gasteiger charge is 2.10. The first-order valence-corrected chi connectivity index (χ1v) is 10.9. The van der Waals surface area contributed by atoms with Crippen LogP contribution in [0.25, 0.3) is 11.8 Å². The lowest BCUT2D eigenvalue weighted by Gasteiger charge is -2.07. The van der Waals surface area contributed by atoms with Gasteiger partial charge in [0.2, 0.25) is 5.91 Å². The summed E-state index contributed by atoms with van der Waals surface area (Å²) in [4.78, 5) is 12.4. The van der Waals surface area contributed by atoms with E-state index >= 15 is 0 Å². The number of nitrogens with zero attached hydrogens (tertiary/aromatic N) is 2. The van der Waals surface area contributed by atoms with Crippen LogP contribution in [0.5, 0.6) is 0 Å². The van der Waals surface area contributed by atoms with Crippen molar-refractivity contribution in [3.63, 3.8) is 0 Å². The van der Waals surface area contributed by atoms with E-state index in [2.05, 4.69) is 10.4 Å². The van der Waals surface area contributed by atoms with Gasteiger partial charge in [0.25, 0.3) is 0 Å². The van der Waals surface area contributed by atoms with E-state index < -0.39 is 0 Å². The number of aromatic nitrogens is 2.